The van der Waals surface area contributed by atoms with Crippen LogP contribution in [-0.2, 0) is 16.2 Å². The van der Waals surface area contributed by atoms with Gasteiger partial charge in [0, 0.05) is 36.1 Å². The second-order valence-electron chi connectivity index (χ2n) is 17.7. The number of fused-ring (bicyclic) bond motifs is 2. The topological polar surface area (TPSA) is 121 Å². The van der Waals surface area contributed by atoms with Crippen LogP contribution < -0.4 is 14.8 Å². The van der Waals surface area contributed by atoms with Gasteiger partial charge in [0.15, 0.2) is 5.78 Å². The van der Waals surface area contributed by atoms with Gasteiger partial charge < -0.3 is 29.9 Å². The van der Waals surface area contributed by atoms with Crippen LogP contribution in [0, 0.1) is 40.9 Å². The van der Waals surface area contributed by atoms with Crippen LogP contribution in [0.15, 0.2) is 36.4 Å². The third kappa shape index (κ3) is 8.10. The van der Waals surface area contributed by atoms with E-state index in [2.05, 4.69) is 31.0 Å². The van der Waals surface area contributed by atoms with E-state index in [-0.39, 0.29) is 30.9 Å². The van der Waals surface area contributed by atoms with Gasteiger partial charge in [0.25, 0.3) is 5.91 Å². The van der Waals surface area contributed by atoms with Crippen LogP contribution in [0.3, 0.4) is 0 Å². The van der Waals surface area contributed by atoms with Crippen LogP contribution in [0.2, 0.25) is 0 Å². The highest BCUT2D eigenvalue weighted by Gasteiger charge is 2.57. The molecule has 54 heavy (non-hydrogen) atoms. The summed E-state index contributed by atoms with van der Waals surface area (Å²) in [5.74, 6) is 2.83. The van der Waals surface area contributed by atoms with Crippen LogP contribution in [0.4, 0.5) is 0 Å². The molecule has 4 aliphatic carbocycles. The van der Waals surface area contributed by atoms with Crippen molar-refractivity contribution in [3.8, 4) is 22.6 Å². The van der Waals surface area contributed by atoms with Gasteiger partial charge in [-0.25, -0.2) is 0 Å². The first-order valence-electron chi connectivity index (χ1n) is 20.3. The predicted octanol–water partition coefficient (Wildman–Crippen LogP) is 6.36. The van der Waals surface area contributed by atoms with Crippen molar-refractivity contribution in [1.82, 2.24) is 15.3 Å². The summed E-state index contributed by atoms with van der Waals surface area (Å²) in [4.78, 5) is 36.8. The number of aliphatic hydroxyl groups excluding tert-OH is 2. The van der Waals surface area contributed by atoms with Crippen molar-refractivity contribution in [2.75, 3.05) is 41.5 Å². The Kier molecular flexibility index (Phi) is 12.8. The number of nitrogens with one attached hydrogen (secondary N) is 1. The van der Waals surface area contributed by atoms with Crippen molar-refractivity contribution >= 4 is 11.7 Å². The smallest absolute Gasteiger partial charge is 0.255 e. The number of ketones is 1. The normalized spacial score (nSPS) is 29.4. The van der Waals surface area contributed by atoms with Gasteiger partial charge in [-0.1, -0.05) is 64.3 Å². The number of carbonyl (C=O) groups is 2. The highest BCUT2D eigenvalue weighted by molar-refractivity contribution is 5.98. The molecule has 1 aliphatic heterocycles. The van der Waals surface area contributed by atoms with Crippen LogP contribution in [0.5, 0.6) is 11.5 Å². The lowest BCUT2D eigenvalue weighted by Gasteiger charge is -2.62. The summed E-state index contributed by atoms with van der Waals surface area (Å²) in [6.45, 7) is 9.38. The first kappa shape index (κ1) is 40.6. The molecule has 0 radical (unpaired) electrons. The maximum Gasteiger partial charge on any atom is 0.255 e. The molecule has 2 aromatic carbocycles. The van der Waals surface area contributed by atoms with Crippen LogP contribution in [-0.4, -0.2) is 97.6 Å². The fourth-order valence-corrected chi connectivity index (χ4v) is 10.7. The summed E-state index contributed by atoms with van der Waals surface area (Å²) < 4.78 is 11.8. The van der Waals surface area contributed by atoms with Gasteiger partial charge in [0.2, 0.25) is 0 Å². The first-order valence-corrected chi connectivity index (χ1v) is 20.3. The van der Waals surface area contributed by atoms with Gasteiger partial charge in [0.1, 0.15) is 23.6 Å². The van der Waals surface area contributed by atoms with E-state index in [9.17, 15) is 19.8 Å². The molecule has 10 heteroatoms. The van der Waals surface area contributed by atoms with Gasteiger partial charge in [-0.2, -0.15) is 5.06 Å². The molecule has 298 valence electrons. The maximum atomic E-state index is 14.4. The summed E-state index contributed by atoms with van der Waals surface area (Å²) in [5.41, 5.74) is 3.15. The van der Waals surface area contributed by atoms with Gasteiger partial charge in [-0.05, 0) is 99.4 Å². The molecule has 1 heterocycles. The van der Waals surface area contributed by atoms with Crippen molar-refractivity contribution < 1.29 is 34.1 Å². The summed E-state index contributed by atoms with van der Waals surface area (Å²) in [6, 6.07) is 10.8. The largest absolute Gasteiger partial charge is 0.496 e. The number of hydrogen-bond donors (Lipinski definition) is 3. The second-order valence-corrected chi connectivity index (χ2v) is 17.7. The highest BCUT2D eigenvalue weighted by atomic mass is 16.7. The number of ether oxygens (including phenoxy) is 2. The van der Waals surface area contributed by atoms with Gasteiger partial charge in [-0.3, -0.25) is 14.4 Å². The molecule has 5 aliphatic rings. The van der Waals surface area contributed by atoms with E-state index in [1.54, 1.807) is 26.2 Å². The third-order valence-corrected chi connectivity index (χ3v) is 13.9. The first-order chi connectivity index (χ1) is 25.8. The maximum absolute atomic E-state index is 14.4. The fraction of sp³-hybridized carbons (Fsp3) is 0.682. The van der Waals surface area contributed by atoms with E-state index in [4.69, 9.17) is 14.3 Å². The molecule has 1 saturated heterocycles. The average molecular weight is 748 g/mol. The Morgan fingerprint density at radius 3 is 2.43 bits per heavy atom. The number of carbonyl (C=O) groups excluding carboxylic acids is 2. The number of hydrogen-bond acceptors (Lipinski definition) is 9. The Balaban J connectivity index is 1.26. The van der Waals surface area contributed by atoms with Crippen molar-refractivity contribution in [3.05, 3.63) is 47.5 Å². The number of amides is 1. The SMILES string of the molecule is COc1ccc(-c2cccc(CN3O[C@@H](CO)[C@H]([C@H](C)O)[C@H]3C(=O)C[C@H]3C[C@H]4C[C@H]([C@@H]3C)C4(C)C)c2OC)cc1C(=O)N[C@H](CN(C)C)C1CCCCC1. The molecular formula is C44H65N3O7. The van der Waals surface area contributed by atoms with E-state index in [0.717, 1.165) is 42.5 Å². The fourth-order valence-electron chi connectivity index (χ4n) is 10.7. The zero-order chi connectivity index (χ0) is 38.9. The molecule has 9 atom stereocenters. The number of para-hydroxylation sites is 1. The van der Waals surface area contributed by atoms with Crippen molar-refractivity contribution in [3.63, 3.8) is 0 Å². The lowest BCUT2D eigenvalue weighted by molar-refractivity contribution is -0.183. The summed E-state index contributed by atoms with van der Waals surface area (Å²) in [5, 5.41) is 26.4. The van der Waals surface area contributed by atoms with E-state index in [1.165, 1.54) is 25.7 Å². The number of likely N-dealkylation sites (N-methyl/N-ethyl adjacent to an activating group) is 1. The second kappa shape index (κ2) is 17.0. The Bertz CT molecular complexity index is 1620. The Morgan fingerprint density at radius 1 is 1.07 bits per heavy atom. The molecule has 2 aromatic rings. The average Bonchev–Trinajstić information content (AvgIpc) is 3.53. The van der Waals surface area contributed by atoms with Gasteiger partial charge in [-0.15, -0.1) is 0 Å². The number of rotatable bonds is 15. The number of methoxy groups -OCH3 is 2. The minimum absolute atomic E-state index is 0.0298. The molecule has 0 aromatic heterocycles. The molecule has 0 unspecified atom stereocenters. The van der Waals surface area contributed by atoms with Gasteiger partial charge in [0.05, 0.1) is 39.0 Å². The molecule has 10 nitrogen and oxygen atoms in total. The molecule has 5 fully saturated rings. The summed E-state index contributed by atoms with van der Waals surface area (Å²) in [6.07, 6.45) is 7.01. The van der Waals surface area contributed by atoms with Crippen LogP contribution in [0.25, 0.3) is 11.1 Å². The highest BCUT2D eigenvalue weighted by Crippen LogP contribution is 2.63. The number of nitrogens with zero attached hydrogens (tertiary/aromatic N) is 2. The van der Waals surface area contributed by atoms with E-state index < -0.39 is 24.2 Å². The van der Waals surface area contributed by atoms with Crippen molar-refractivity contribution in [2.45, 2.75) is 110 Å². The number of benzene rings is 2. The van der Waals surface area contributed by atoms with E-state index in [0.29, 0.717) is 58.5 Å². The Labute approximate surface area is 322 Å². The van der Waals surface area contributed by atoms with Crippen molar-refractivity contribution in [1.29, 1.82) is 0 Å². The standard InChI is InChI=1S/C44H65N3O7/c1-26-31(19-32-22-35(26)44(32,3)4)21-37(50)41-40(27(2)49)39(25-48)54-47(41)23-30-15-12-16-33(42(30)53-8)29-17-18-38(52-7)34(20-29)43(51)45-36(24-46(5)6)28-13-10-9-11-14-28/h12,15-18,20,26-28,31-32,35-36,39-41,48-49H,9-11,13-14,19,21-25H2,1-8H3,(H,45,51)/t26-,27+,31-,32+,35-,36-,39+,40+,41-/m1/s1. The van der Waals surface area contributed by atoms with Crippen molar-refractivity contribution in [2.24, 2.45) is 40.9 Å². The zero-order valence-corrected chi connectivity index (χ0v) is 33.8. The van der Waals surface area contributed by atoms with E-state index >= 15 is 0 Å². The molecule has 1 amide bonds. The van der Waals surface area contributed by atoms with E-state index in [1.807, 2.05) is 50.5 Å². The van der Waals surface area contributed by atoms with Gasteiger partial charge >= 0.3 is 0 Å². The Hall–Kier alpha value is -3.02. The molecular weight excluding hydrogens is 682 g/mol. The lowest BCUT2D eigenvalue weighted by atomic mass is 9.43. The quantitative estimate of drug-likeness (QED) is 0.191. The minimum Gasteiger partial charge on any atom is -0.496 e. The summed E-state index contributed by atoms with van der Waals surface area (Å²) >= 11 is 0. The van der Waals surface area contributed by atoms with Crippen LogP contribution in [0.1, 0.15) is 95.0 Å². The number of aliphatic hydroxyl groups is 2. The molecule has 0 spiro atoms. The Morgan fingerprint density at radius 2 is 1.81 bits per heavy atom. The zero-order valence-electron chi connectivity index (χ0n) is 33.8. The molecule has 3 N–H and O–H groups in total. The lowest BCUT2D eigenvalue weighted by Crippen LogP contribution is -2.55. The molecule has 7 rings (SSSR count). The molecule has 2 bridgehead atoms. The number of Topliss-reactive ketones (excluding diaryl/α,β-unsaturated/α-hetero) is 1. The summed E-state index contributed by atoms with van der Waals surface area (Å²) in [7, 11) is 7.29. The minimum atomic E-state index is -0.857. The third-order valence-electron chi connectivity index (χ3n) is 13.9. The molecule has 4 saturated carbocycles. The predicted molar refractivity (Wildman–Crippen MR) is 210 cm³/mol. The van der Waals surface area contributed by atoms with Crippen LogP contribution >= 0.6 is 0 Å². The number of hydroxylamine groups is 2. The monoisotopic (exact) mass is 747 g/mol.